The minimum atomic E-state index is -4.62. The van der Waals surface area contributed by atoms with Gasteiger partial charge in [0.25, 0.3) is 0 Å². The van der Waals surface area contributed by atoms with Crippen molar-refractivity contribution in [2.24, 2.45) is 0 Å². The number of sulfonamides is 1. The van der Waals surface area contributed by atoms with Gasteiger partial charge in [0.2, 0.25) is 10.0 Å². The average molecular weight is 409 g/mol. The van der Waals surface area contributed by atoms with Gasteiger partial charge < -0.3 is 4.90 Å². The number of halogens is 3. The molecule has 2 aromatic carbocycles. The second-order valence-electron chi connectivity index (χ2n) is 6.47. The van der Waals surface area contributed by atoms with Crippen LogP contribution in [-0.2, 0) is 22.0 Å². The lowest BCUT2D eigenvalue weighted by atomic mass is 10.1. The highest BCUT2D eigenvalue weighted by molar-refractivity contribution is 7.88. The highest BCUT2D eigenvalue weighted by Gasteiger charge is 2.35. The highest BCUT2D eigenvalue weighted by Crippen LogP contribution is 2.34. The van der Waals surface area contributed by atoms with Crippen molar-refractivity contribution in [3.05, 3.63) is 65.2 Å². The first-order valence-corrected chi connectivity index (χ1v) is 10.2. The average Bonchev–Trinajstić information content (AvgIpc) is 2.67. The summed E-state index contributed by atoms with van der Waals surface area (Å²) in [5, 5.41) is 8.89. The van der Waals surface area contributed by atoms with Crippen LogP contribution in [0.3, 0.4) is 0 Å². The number of hydrogen-bond donors (Lipinski definition) is 0. The number of nitriles is 1. The highest BCUT2D eigenvalue weighted by atomic mass is 32.2. The van der Waals surface area contributed by atoms with Crippen LogP contribution in [0.25, 0.3) is 0 Å². The summed E-state index contributed by atoms with van der Waals surface area (Å²) in [5.74, 6) is -0.108. The van der Waals surface area contributed by atoms with Crippen molar-refractivity contribution < 1.29 is 21.6 Å². The fraction of sp³-hybridized carbons (Fsp3) is 0.316. The van der Waals surface area contributed by atoms with E-state index < -0.39 is 27.3 Å². The van der Waals surface area contributed by atoms with Gasteiger partial charge in [-0.1, -0.05) is 30.3 Å². The maximum absolute atomic E-state index is 13.2. The Morgan fingerprint density at radius 2 is 1.64 bits per heavy atom. The zero-order valence-electron chi connectivity index (χ0n) is 14.9. The Morgan fingerprint density at radius 1 is 1.00 bits per heavy atom. The van der Waals surface area contributed by atoms with Crippen LogP contribution in [-0.4, -0.2) is 38.9 Å². The van der Waals surface area contributed by atoms with Crippen molar-refractivity contribution in [2.75, 3.05) is 31.1 Å². The fourth-order valence-corrected chi connectivity index (χ4v) is 4.68. The van der Waals surface area contributed by atoms with Crippen LogP contribution < -0.4 is 4.90 Å². The third-order valence-corrected chi connectivity index (χ3v) is 6.47. The third-order valence-electron chi connectivity index (χ3n) is 4.62. The molecule has 3 rings (SSSR count). The molecule has 148 valence electrons. The minimum Gasteiger partial charge on any atom is -0.369 e. The Morgan fingerprint density at radius 3 is 2.21 bits per heavy atom. The molecule has 0 bridgehead atoms. The predicted octanol–water partition coefficient (Wildman–Crippen LogP) is 3.23. The Hall–Kier alpha value is -2.57. The molecule has 2 aromatic rings. The maximum Gasteiger partial charge on any atom is 0.417 e. The van der Waals surface area contributed by atoms with Crippen LogP contribution in [0.15, 0.2) is 48.5 Å². The van der Waals surface area contributed by atoms with Crippen molar-refractivity contribution in [3.63, 3.8) is 0 Å². The minimum absolute atomic E-state index is 0.108. The number of alkyl halides is 3. The molecule has 0 unspecified atom stereocenters. The lowest BCUT2D eigenvalue weighted by Gasteiger charge is -2.35. The van der Waals surface area contributed by atoms with E-state index in [2.05, 4.69) is 0 Å². The number of piperazine rings is 1. The van der Waals surface area contributed by atoms with Crippen LogP contribution >= 0.6 is 0 Å². The molecule has 0 aromatic heterocycles. The largest absolute Gasteiger partial charge is 0.417 e. The molecule has 0 spiro atoms. The van der Waals surface area contributed by atoms with Gasteiger partial charge in [-0.15, -0.1) is 0 Å². The first-order valence-electron chi connectivity index (χ1n) is 8.59. The Labute approximate surface area is 161 Å². The van der Waals surface area contributed by atoms with Crippen molar-refractivity contribution >= 4 is 15.7 Å². The molecule has 0 aliphatic carbocycles. The summed E-state index contributed by atoms with van der Waals surface area (Å²) in [5.41, 5.74) is -0.398. The summed E-state index contributed by atoms with van der Waals surface area (Å²) in [6.45, 7) is 0.932. The van der Waals surface area contributed by atoms with Gasteiger partial charge in [0.1, 0.15) is 0 Å². The van der Waals surface area contributed by atoms with E-state index in [9.17, 15) is 21.6 Å². The van der Waals surface area contributed by atoms with Crippen molar-refractivity contribution in [2.45, 2.75) is 11.9 Å². The van der Waals surface area contributed by atoms with E-state index in [-0.39, 0.29) is 31.9 Å². The number of benzene rings is 2. The normalized spacial score (nSPS) is 16.0. The first kappa shape index (κ1) is 20.2. The van der Waals surface area contributed by atoms with Gasteiger partial charge in [-0.05, 0) is 23.8 Å². The van der Waals surface area contributed by atoms with Crippen LogP contribution in [0.4, 0.5) is 18.9 Å². The van der Waals surface area contributed by atoms with Gasteiger partial charge in [-0.3, -0.25) is 0 Å². The van der Waals surface area contributed by atoms with Gasteiger partial charge in [-0.25, -0.2) is 8.42 Å². The van der Waals surface area contributed by atoms with E-state index in [1.165, 1.54) is 10.4 Å². The molecule has 28 heavy (non-hydrogen) atoms. The molecule has 0 atom stereocenters. The zero-order valence-corrected chi connectivity index (χ0v) is 15.7. The van der Waals surface area contributed by atoms with E-state index in [1.807, 2.05) is 6.07 Å². The monoisotopic (exact) mass is 409 g/mol. The number of hydrogen-bond acceptors (Lipinski definition) is 4. The van der Waals surface area contributed by atoms with Gasteiger partial charge in [-0.2, -0.15) is 22.7 Å². The second kappa shape index (κ2) is 7.81. The molecule has 1 heterocycles. The number of nitrogens with zero attached hydrogens (tertiary/aromatic N) is 3. The second-order valence-corrected chi connectivity index (χ2v) is 8.44. The lowest BCUT2D eigenvalue weighted by molar-refractivity contribution is -0.137. The molecular weight excluding hydrogens is 391 g/mol. The van der Waals surface area contributed by atoms with Crippen molar-refractivity contribution in [3.8, 4) is 6.07 Å². The molecule has 9 heteroatoms. The van der Waals surface area contributed by atoms with E-state index in [1.54, 1.807) is 35.2 Å². The number of rotatable bonds is 4. The zero-order chi connectivity index (χ0) is 20.4. The molecule has 0 saturated carbocycles. The maximum atomic E-state index is 13.2. The summed E-state index contributed by atoms with van der Waals surface area (Å²) in [6, 6.07) is 13.9. The summed E-state index contributed by atoms with van der Waals surface area (Å²) in [4.78, 5) is 1.70. The fourth-order valence-electron chi connectivity index (χ4n) is 3.16. The van der Waals surface area contributed by atoms with E-state index >= 15 is 0 Å². The van der Waals surface area contributed by atoms with Gasteiger partial charge in [0.05, 0.1) is 22.9 Å². The molecule has 5 nitrogen and oxygen atoms in total. The summed E-state index contributed by atoms with van der Waals surface area (Å²) in [7, 11) is -3.50. The van der Waals surface area contributed by atoms with Gasteiger partial charge in [0.15, 0.2) is 0 Å². The molecule has 1 saturated heterocycles. The van der Waals surface area contributed by atoms with Gasteiger partial charge >= 0.3 is 6.18 Å². The van der Waals surface area contributed by atoms with Crippen molar-refractivity contribution in [1.82, 2.24) is 4.31 Å². The van der Waals surface area contributed by atoms with E-state index in [0.717, 1.165) is 12.1 Å². The standard InChI is InChI=1S/C19H18F3N3O2S/c20-19(21,22)18-12-17(7-6-16(18)13-23)24-8-10-25(11-9-24)28(26,27)14-15-4-2-1-3-5-15/h1-7,12H,8-11,14H2. The smallest absolute Gasteiger partial charge is 0.369 e. The van der Waals surface area contributed by atoms with E-state index in [0.29, 0.717) is 11.3 Å². The quantitative estimate of drug-likeness (QED) is 0.778. The number of anilines is 1. The molecule has 0 N–H and O–H groups in total. The van der Waals surface area contributed by atoms with Crippen LogP contribution in [0, 0.1) is 11.3 Å². The van der Waals surface area contributed by atoms with E-state index in [4.69, 9.17) is 5.26 Å². The topological polar surface area (TPSA) is 64.4 Å². The SMILES string of the molecule is N#Cc1ccc(N2CCN(S(=O)(=O)Cc3ccccc3)CC2)cc1C(F)(F)F. The van der Waals surface area contributed by atoms with Crippen LogP contribution in [0.5, 0.6) is 0 Å². The molecule has 1 aliphatic heterocycles. The molecular formula is C19H18F3N3O2S. The van der Waals surface area contributed by atoms with Crippen LogP contribution in [0.2, 0.25) is 0 Å². The molecule has 1 fully saturated rings. The summed E-state index contributed by atoms with van der Waals surface area (Å²) < 4.78 is 66.0. The van der Waals surface area contributed by atoms with Gasteiger partial charge in [0, 0.05) is 31.9 Å². The lowest BCUT2D eigenvalue weighted by Crippen LogP contribution is -2.49. The third kappa shape index (κ3) is 4.46. The summed E-state index contributed by atoms with van der Waals surface area (Å²) in [6.07, 6.45) is -4.62. The molecule has 0 radical (unpaired) electrons. The first-order chi connectivity index (χ1) is 13.2. The molecule has 1 aliphatic rings. The predicted molar refractivity (Wildman–Crippen MR) is 99.0 cm³/mol. The Kier molecular flexibility index (Phi) is 5.63. The molecule has 0 amide bonds. The summed E-state index contributed by atoms with van der Waals surface area (Å²) >= 11 is 0. The Bertz CT molecular complexity index is 978. The Balaban J connectivity index is 1.71. The van der Waals surface area contributed by atoms with Crippen molar-refractivity contribution in [1.29, 1.82) is 5.26 Å². The van der Waals surface area contributed by atoms with Crippen LogP contribution in [0.1, 0.15) is 16.7 Å².